The predicted octanol–water partition coefficient (Wildman–Crippen LogP) is 1.93. The van der Waals surface area contributed by atoms with Gasteiger partial charge in [0.2, 0.25) is 0 Å². The summed E-state index contributed by atoms with van der Waals surface area (Å²) in [6, 6.07) is 5.60. The first-order valence-electron chi connectivity index (χ1n) is 7.42. The van der Waals surface area contributed by atoms with Gasteiger partial charge in [-0.3, -0.25) is 4.79 Å². The largest absolute Gasteiger partial charge is 0.493 e. The molecule has 0 saturated carbocycles. The van der Waals surface area contributed by atoms with Gasteiger partial charge in [0, 0.05) is 0 Å². The third-order valence-electron chi connectivity index (χ3n) is 3.46. The van der Waals surface area contributed by atoms with Crippen molar-refractivity contribution in [3.8, 4) is 11.5 Å². The van der Waals surface area contributed by atoms with Crippen LogP contribution in [0, 0.1) is 0 Å². The SMILES string of the molecule is CCOC(=O)Cc1ccc(OC2CCNCC2)c(OC)c1. The molecule has 1 aliphatic heterocycles. The highest BCUT2D eigenvalue weighted by atomic mass is 16.5. The molecule has 1 N–H and O–H groups in total. The second kappa shape index (κ2) is 7.88. The minimum Gasteiger partial charge on any atom is -0.493 e. The van der Waals surface area contributed by atoms with E-state index in [0.717, 1.165) is 37.2 Å². The number of ether oxygens (including phenoxy) is 3. The van der Waals surface area contributed by atoms with Gasteiger partial charge in [-0.05, 0) is 50.6 Å². The Bertz CT molecular complexity index is 469. The molecule has 0 aromatic heterocycles. The number of hydrogen-bond donors (Lipinski definition) is 1. The molecule has 0 amide bonds. The van der Waals surface area contributed by atoms with Gasteiger partial charge < -0.3 is 19.5 Å². The van der Waals surface area contributed by atoms with Crippen LogP contribution >= 0.6 is 0 Å². The quantitative estimate of drug-likeness (QED) is 0.812. The summed E-state index contributed by atoms with van der Waals surface area (Å²) < 4.78 is 16.3. The zero-order valence-corrected chi connectivity index (χ0v) is 12.7. The van der Waals surface area contributed by atoms with E-state index in [2.05, 4.69) is 5.32 Å². The standard InChI is InChI=1S/C16H23NO4/c1-3-20-16(18)11-12-4-5-14(15(10-12)19-2)21-13-6-8-17-9-7-13/h4-5,10,13,17H,3,6-9,11H2,1-2H3. The van der Waals surface area contributed by atoms with Crippen molar-refractivity contribution in [1.82, 2.24) is 5.32 Å². The summed E-state index contributed by atoms with van der Waals surface area (Å²) in [6.07, 6.45) is 2.45. The number of benzene rings is 1. The smallest absolute Gasteiger partial charge is 0.310 e. The molecule has 116 valence electrons. The lowest BCUT2D eigenvalue weighted by molar-refractivity contribution is -0.142. The van der Waals surface area contributed by atoms with Crippen molar-refractivity contribution in [3.63, 3.8) is 0 Å². The lowest BCUT2D eigenvalue weighted by atomic mass is 10.1. The van der Waals surface area contributed by atoms with Crippen LogP contribution < -0.4 is 14.8 Å². The van der Waals surface area contributed by atoms with Crippen LogP contribution in [0.2, 0.25) is 0 Å². The fourth-order valence-electron chi connectivity index (χ4n) is 2.39. The van der Waals surface area contributed by atoms with E-state index in [1.54, 1.807) is 14.0 Å². The Balaban J connectivity index is 2.03. The van der Waals surface area contributed by atoms with Crippen molar-refractivity contribution < 1.29 is 19.0 Å². The maximum atomic E-state index is 11.5. The van der Waals surface area contributed by atoms with E-state index >= 15 is 0 Å². The lowest BCUT2D eigenvalue weighted by Gasteiger charge is -2.24. The summed E-state index contributed by atoms with van der Waals surface area (Å²) in [7, 11) is 1.61. The third kappa shape index (κ3) is 4.63. The molecule has 1 heterocycles. The van der Waals surface area contributed by atoms with Crippen LogP contribution in [-0.2, 0) is 16.0 Å². The average Bonchev–Trinajstić information content (AvgIpc) is 2.50. The Kier molecular flexibility index (Phi) is 5.87. The lowest BCUT2D eigenvalue weighted by Crippen LogP contribution is -2.34. The number of carbonyl (C=O) groups is 1. The molecule has 0 atom stereocenters. The zero-order chi connectivity index (χ0) is 15.1. The number of methoxy groups -OCH3 is 1. The van der Waals surface area contributed by atoms with Crippen LogP contribution in [0.4, 0.5) is 0 Å². The second-order valence-corrected chi connectivity index (χ2v) is 5.03. The molecule has 1 aromatic rings. The van der Waals surface area contributed by atoms with Crippen LogP contribution in [-0.4, -0.2) is 38.9 Å². The molecule has 0 spiro atoms. The van der Waals surface area contributed by atoms with Gasteiger partial charge in [0.05, 0.1) is 20.1 Å². The van der Waals surface area contributed by atoms with Gasteiger partial charge >= 0.3 is 5.97 Å². The van der Waals surface area contributed by atoms with Gasteiger partial charge in [-0.2, -0.15) is 0 Å². The Morgan fingerprint density at radius 1 is 1.29 bits per heavy atom. The number of carbonyl (C=O) groups excluding carboxylic acids is 1. The second-order valence-electron chi connectivity index (χ2n) is 5.03. The van der Waals surface area contributed by atoms with Crippen LogP contribution in [0.5, 0.6) is 11.5 Å². The van der Waals surface area contributed by atoms with Gasteiger partial charge in [-0.25, -0.2) is 0 Å². The minimum absolute atomic E-state index is 0.219. The number of nitrogens with one attached hydrogen (secondary N) is 1. The summed E-state index contributed by atoms with van der Waals surface area (Å²) in [5, 5.41) is 3.31. The van der Waals surface area contributed by atoms with E-state index in [1.807, 2.05) is 18.2 Å². The zero-order valence-electron chi connectivity index (χ0n) is 12.7. The maximum Gasteiger partial charge on any atom is 0.310 e. The van der Waals surface area contributed by atoms with E-state index in [-0.39, 0.29) is 18.5 Å². The number of rotatable bonds is 6. The Morgan fingerprint density at radius 3 is 2.71 bits per heavy atom. The first-order chi connectivity index (χ1) is 10.2. The number of esters is 1. The fourth-order valence-corrected chi connectivity index (χ4v) is 2.39. The summed E-state index contributed by atoms with van der Waals surface area (Å²) in [5.74, 6) is 1.17. The van der Waals surface area contributed by atoms with Crippen LogP contribution in [0.3, 0.4) is 0 Å². The molecule has 1 saturated heterocycles. The summed E-state index contributed by atoms with van der Waals surface area (Å²) in [5.41, 5.74) is 0.864. The predicted molar refractivity (Wildman–Crippen MR) is 79.9 cm³/mol. The van der Waals surface area contributed by atoms with E-state index in [9.17, 15) is 4.79 Å². The molecule has 1 aromatic carbocycles. The van der Waals surface area contributed by atoms with Gasteiger partial charge in [0.25, 0.3) is 0 Å². The number of hydrogen-bond acceptors (Lipinski definition) is 5. The molecule has 0 unspecified atom stereocenters. The molecular formula is C16H23NO4. The molecule has 0 aliphatic carbocycles. The fraction of sp³-hybridized carbons (Fsp3) is 0.562. The molecule has 5 nitrogen and oxygen atoms in total. The van der Waals surface area contributed by atoms with Crippen LogP contribution in [0.15, 0.2) is 18.2 Å². The highest BCUT2D eigenvalue weighted by Gasteiger charge is 2.17. The van der Waals surface area contributed by atoms with E-state index in [1.165, 1.54) is 0 Å². The highest BCUT2D eigenvalue weighted by Crippen LogP contribution is 2.30. The van der Waals surface area contributed by atoms with Crippen molar-refractivity contribution >= 4 is 5.97 Å². The van der Waals surface area contributed by atoms with Crippen LogP contribution in [0.25, 0.3) is 0 Å². The van der Waals surface area contributed by atoms with E-state index < -0.39 is 0 Å². The molecule has 0 bridgehead atoms. The van der Waals surface area contributed by atoms with E-state index in [0.29, 0.717) is 12.4 Å². The van der Waals surface area contributed by atoms with Gasteiger partial charge in [0.15, 0.2) is 11.5 Å². The van der Waals surface area contributed by atoms with Crippen molar-refractivity contribution in [3.05, 3.63) is 23.8 Å². The molecule has 1 fully saturated rings. The Labute approximate surface area is 125 Å². The summed E-state index contributed by atoms with van der Waals surface area (Å²) >= 11 is 0. The van der Waals surface area contributed by atoms with Gasteiger partial charge in [0.1, 0.15) is 6.10 Å². The molecular weight excluding hydrogens is 270 g/mol. The Morgan fingerprint density at radius 2 is 2.05 bits per heavy atom. The molecule has 2 rings (SSSR count). The normalized spacial score (nSPS) is 15.5. The highest BCUT2D eigenvalue weighted by molar-refractivity contribution is 5.72. The average molecular weight is 293 g/mol. The van der Waals surface area contributed by atoms with Crippen molar-refractivity contribution in [2.24, 2.45) is 0 Å². The van der Waals surface area contributed by atoms with Crippen LogP contribution in [0.1, 0.15) is 25.3 Å². The first kappa shape index (κ1) is 15.6. The molecule has 0 radical (unpaired) electrons. The monoisotopic (exact) mass is 293 g/mol. The summed E-state index contributed by atoms with van der Waals surface area (Å²) in [6.45, 7) is 4.16. The molecule has 5 heteroatoms. The van der Waals surface area contributed by atoms with Gasteiger partial charge in [-0.1, -0.05) is 6.07 Å². The van der Waals surface area contributed by atoms with Gasteiger partial charge in [-0.15, -0.1) is 0 Å². The first-order valence-corrected chi connectivity index (χ1v) is 7.42. The molecule has 1 aliphatic rings. The van der Waals surface area contributed by atoms with Crippen molar-refractivity contribution in [2.75, 3.05) is 26.8 Å². The summed E-state index contributed by atoms with van der Waals surface area (Å²) in [4.78, 5) is 11.5. The Hall–Kier alpha value is -1.75. The van der Waals surface area contributed by atoms with Crippen molar-refractivity contribution in [1.29, 1.82) is 0 Å². The maximum absolute atomic E-state index is 11.5. The van der Waals surface area contributed by atoms with Crippen molar-refractivity contribution in [2.45, 2.75) is 32.3 Å². The molecule has 21 heavy (non-hydrogen) atoms. The number of piperidine rings is 1. The van der Waals surface area contributed by atoms with E-state index in [4.69, 9.17) is 14.2 Å². The third-order valence-corrected chi connectivity index (χ3v) is 3.46. The topological polar surface area (TPSA) is 56.8 Å². The minimum atomic E-state index is -0.230.